The Bertz CT molecular complexity index is 572. The van der Waals surface area contributed by atoms with Crippen LogP contribution in [0.15, 0.2) is 30.3 Å². The van der Waals surface area contributed by atoms with Crippen LogP contribution >= 0.6 is 0 Å². The second-order valence-electron chi connectivity index (χ2n) is 7.80. The third-order valence-corrected chi connectivity index (χ3v) is 4.47. The van der Waals surface area contributed by atoms with Gasteiger partial charge in [-0.15, -0.1) is 0 Å². The van der Waals surface area contributed by atoms with Gasteiger partial charge in [0.15, 0.2) is 0 Å². The minimum absolute atomic E-state index is 0.0262. The molecule has 1 fully saturated rings. The summed E-state index contributed by atoms with van der Waals surface area (Å²) >= 11 is 0. The van der Waals surface area contributed by atoms with Crippen molar-refractivity contribution in [1.82, 2.24) is 10.2 Å². The van der Waals surface area contributed by atoms with Crippen LogP contribution in [0.3, 0.4) is 0 Å². The summed E-state index contributed by atoms with van der Waals surface area (Å²) in [6, 6.07) is 10.2. The summed E-state index contributed by atoms with van der Waals surface area (Å²) < 4.78 is 5.39. The monoisotopic (exact) mass is 346 g/mol. The molecule has 1 atom stereocenters. The van der Waals surface area contributed by atoms with E-state index < -0.39 is 5.60 Å². The average molecular weight is 346 g/mol. The maximum absolute atomic E-state index is 12.4. The molecule has 0 bridgehead atoms. The van der Waals surface area contributed by atoms with E-state index in [1.54, 1.807) is 4.90 Å². The van der Waals surface area contributed by atoms with Crippen molar-refractivity contribution in [1.29, 1.82) is 0 Å². The van der Waals surface area contributed by atoms with Gasteiger partial charge >= 0.3 is 6.09 Å². The van der Waals surface area contributed by atoms with E-state index in [0.717, 1.165) is 0 Å². The molecule has 0 radical (unpaired) electrons. The summed E-state index contributed by atoms with van der Waals surface area (Å²) in [6.07, 6.45) is 1.08. The Morgan fingerprint density at radius 3 is 2.36 bits per heavy atom. The smallest absolute Gasteiger partial charge is 0.410 e. The average Bonchev–Trinajstić information content (AvgIpc) is 2.58. The van der Waals surface area contributed by atoms with Crippen LogP contribution in [0.1, 0.15) is 52.0 Å². The summed E-state index contributed by atoms with van der Waals surface area (Å²) in [4.78, 5) is 26.2. The molecule has 0 spiro atoms. The second-order valence-corrected chi connectivity index (χ2v) is 7.80. The van der Waals surface area contributed by atoms with Crippen molar-refractivity contribution < 1.29 is 14.3 Å². The first-order valence-corrected chi connectivity index (χ1v) is 9.07. The third kappa shape index (κ3) is 6.07. The highest BCUT2D eigenvalue weighted by atomic mass is 16.6. The van der Waals surface area contributed by atoms with E-state index in [1.165, 1.54) is 5.56 Å². The van der Waals surface area contributed by atoms with Crippen molar-refractivity contribution in [2.75, 3.05) is 19.6 Å². The van der Waals surface area contributed by atoms with Gasteiger partial charge < -0.3 is 15.0 Å². The summed E-state index contributed by atoms with van der Waals surface area (Å²) in [5.74, 6) is 0.347. The van der Waals surface area contributed by atoms with Gasteiger partial charge in [0.2, 0.25) is 5.91 Å². The van der Waals surface area contributed by atoms with Gasteiger partial charge in [-0.1, -0.05) is 37.3 Å². The van der Waals surface area contributed by atoms with Crippen LogP contribution in [0.2, 0.25) is 0 Å². The number of benzene rings is 1. The van der Waals surface area contributed by atoms with Gasteiger partial charge in [-0.05, 0) is 45.1 Å². The van der Waals surface area contributed by atoms with Gasteiger partial charge in [0, 0.05) is 25.6 Å². The molecular weight excluding hydrogens is 316 g/mol. The van der Waals surface area contributed by atoms with E-state index in [1.807, 2.05) is 39.0 Å². The fraction of sp³-hybridized carbons (Fsp3) is 0.600. The lowest BCUT2D eigenvalue weighted by atomic mass is 9.95. The van der Waals surface area contributed by atoms with Crippen LogP contribution in [0, 0.1) is 5.92 Å². The Labute approximate surface area is 150 Å². The van der Waals surface area contributed by atoms with E-state index in [0.29, 0.717) is 32.5 Å². The number of hydrogen-bond acceptors (Lipinski definition) is 3. The maximum atomic E-state index is 12.4. The van der Waals surface area contributed by atoms with Gasteiger partial charge in [-0.25, -0.2) is 4.79 Å². The number of nitrogens with one attached hydrogen (secondary N) is 1. The molecule has 5 heteroatoms. The highest BCUT2D eigenvalue weighted by Crippen LogP contribution is 2.20. The van der Waals surface area contributed by atoms with E-state index in [2.05, 4.69) is 24.4 Å². The number of ether oxygens (including phenoxy) is 1. The second kappa shape index (κ2) is 8.37. The number of likely N-dealkylation sites (tertiary alicyclic amines) is 1. The predicted octanol–water partition coefficient (Wildman–Crippen LogP) is 3.55. The molecular formula is C20H30N2O3. The van der Waals surface area contributed by atoms with Gasteiger partial charge in [-0.3, -0.25) is 4.79 Å². The first-order chi connectivity index (χ1) is 11.8. The number of carbonyl (C=O) groups is 2. The highest BCUT2D eigenvalue weighted by molar-refractivity contribution is 5.79. The quantitative estimate of drug-likeness (QED) is 0.907. The van der Waals surface area contributed by atoms with E-state index in [9.17, 15) is 9.59 Å². The minimum atomic E-state index is -0.487. The Kier molecular flexibility index (Phi) is 6.45. The lowest BCUT2D eigenvalue weighted by Crippen LogP contribution is -2.45. The van der Waals surface area contributed by atoms with Crippen LogP contribution in [0.4, 0.5) is 4.79 Å². The lowest BCUT2D eigenvalue weighted by molar-refractivity contribution is -0.126. The van der Waals surface area contributed by atoms with Crippen LogP contribution in [-0.4, -0.2) is 42.1 Å². The molecule has 0 saturated carbocycles. The van der Waals surface area contributed by atoms with Gasteiger partial charge in [0.25, 0.3) is 0 Å². The fourth-order valence-electron chi connectivity index (χ4n) is 2.95. The fourth-order valence-corrected chi connectivity index (χ4v) is 2.95. The topological polar surface area (TPSA) is 58.6 Å². The first-order valence-electron chi connectivity index (χ1n) is 9.07. The van der Waals surface area contributed by atoms with Crippen molar-refractivity contribution in [2.45, 2.75) is 52.1 Å². The summed E-state index contributed by atoms with van der Waals surface area (Å²) in [5, 5.41) is 3.06. The third-order valence-electron chi connectivity index (χ3n) is 4.47. The zero-order valence-electron chi connectivity index (χ0n) is 15.7. The zero-order chi connectivity index (χ0) is 18.4. The molecule has 1 heterocycles. The summed E-state index contributed by atoms with van der Waals surface area (Å²) in [5.41, 5.74) is 0.737. The summed E-state index contributed by atoms with van der Waals surface area (Å²) in [7, 11) is 0. The molecule has 1 aromatic rings. The first kappa shape index (κ1) is 19.3. The molecule has 1 saturated heterocycles. The minimum Gasteiger partial charge on any atom is -0.444 e. The molecule has 0 unspecified atom stereocenters. The SMILES string of the molecule is C[C@H](CNC(=O)C1CCN(C(=O)OC(C)(C)C)CC1)c1ccccc1. The Balaban J connectivity index is 1.75. The standard InChI is InChI=1S/C20H30N2O3/c1-15(16-8-6-5-7-9-16)14-21-18(23)17-10-12-22(13-11-17)19(24)25-20(2,3)4/h5-9,15,17H,10-14H2,1-4H3,(H,21,23)/t15-/m1/s1. The molecule has 0 aliphatic carbocycles. The number of rotatable bonds is 4. The van der Waals surface area contributed by atoms with Crippen molar-refractivity contribution in [3.8, 4) is 0 Å². The largest absolute Gasteiger partial charge is 0.444 e. The van der Waals surface area contributed by atoms with Gasteiger partial charge in [0.1, 0.15) is 5.60 Å². The van der Waals surface area contributed by atoms with Crippen LogP contribution in [0.5, 0.6) is 0 Å². The molecule has 1 aliphatic heterocycles. The number of carbonyl (C=O) groups excluding carboxylic acids is 2. The molecule has 2 amide bonds. The molecule has 1 aromatic carbocycles. The van der Waals surface area contributed by atoms with Gasteiger partial charge in [0.05, 0.1) is 0 Å². The zero-order valence-corrected chi connectivity index (χ0v) is 15.7. The van der Waals surface area contributed by atoms with Crippen LogP contribution < -0.4 is 5.32 Å². The molecule has 138 valence electrons. The molecule has 25 heavy (non-hydrogen) atoms. The van der Waals surface area contributed by atoms with Crippen molar-refractivity contribution >= 4 is 12.0 Å². The maximum Gasteiger partial charge on any atom is 0.410 e. The Morgan fingerprint density at radius 1 is 1.20 bits per heavy atom. The molecule has 1 N–H and O–H groups in total. The van der Waals surface area contributed by atoms with Crippen LogP contribution in [0.25, 0.3) is 0 Å². The normalized spacial score (nSPS) is 17.0. The van der Waals surface area contributed by atoms with Crippen molar-refractivity contribution in [3.63, 3.8) is 0 Å². The number of nitrogens with zero attached hydrogens (tertiary/aromatic N) is 1. The van der Waals surface area contributed by atoms with Gasteiger partial charge in [-0.2, -0.15) is 0 Å². The number of amides is 2. The van der Waals surface area contributed by atoms with Crippen molar-refractivity contribution in [2.24, 2.45) is 5.92 Å². The van der Waals surface area contributed by atoms with E-state index in [-0.39, 0.29) is 23.8 Å². The van der Waals surface area contributed by atoms with Crippen molar-refractivity contribution in [3.05, 3.63) is 35.9 Å². The molecule has 0 aromatic heterocycles. The Morgan fingerprint density at radius 2 is 1.80 bits per heavy atom. The summed E-state index contributed by atoms with van der Waals surface area (Å²) in [6.45, 7) is 9.47. The predicted molar refractivity (Wildman–Crippen MR) is 98.4 cm³/mol. The highest BCUT2D eigenvalue weighted by Gasteiger charge is 2.29. The number of hydrogen-bond donors (Lipinski definition) is 1. The molecule has 1 aliphatic rings. The van der Waals surface area contributed by atoms with E-state index >= 15 is 0 Å². The molecule has 5 nitrogen and oxygen atoms in total. The van der Waals surface area contributed by atoms with Crippen LogP contribution in [-0.2, 0) is 9.53 Å². The lowest BCUT2D eigenvalue weighted by Gasteiger charge is -2.33. The van der Waals surface area contributed by atoms with E-state index in [4.69, 9.17) is 4.74 Å². The number of piperidine rings is 1. The molecule has 2 rings (SSSR count). The Hall–Kier alpha value is -2.04.